The molecular formula is C21H27N3O4. The molecule has 0 atom stereocenters. The van der Waals surface area contributed by atoms with Crippen molar-refractivity contribution in [3.05, 3.63) is 42.4 Å². The van der Waals surface area contributed by atoms with Gasteiger partial charge in [-0.25, -0.2) is 9.78 Å². The van der Waals surface area contributed by atoms with Crippen LogP contribution in [0.1, 0.15) is 38.5 Å². The van der Waals surface area contributed by atoms with Gasteiger partial charge in [0, 0.05) is 37.5 Å². The maximum Gasteiger partial charge on any atom is 0.409 e. The standard InChI is InChI=1S/C21H27N3O4/c1-2-27-21(26)24-13-11-17(12-14-24)23-19(25)9-6-10-20-22-15-18(28-20)16-7-4-3-5-8-16/h3-5,7-8,15,17H,2,6,9-14H2,1H3,(H,23,25). The molecule has 2 aromatic rings. The van der Waals surface area contributed by atoms with Crippen LogP contribution in [0, 0.1) is 0 Å². The van der Waals surface area contributed by atoms with E-state index < -0.39 is 0 Å². The van der Waals surface area contributed by atoms with Gasteiger partial charge in [-0.2, -0.15) is 0 Å². The van der Waals surface area contributed by atoms with Crippen LogP contribution in [0.5, 0.6) is 0 Å². The normalized spacial score (nSPS) is 14.7. The number of piperidine rings is 1. The van der Waals surface area contributed by atoms with Gasteiger partial charge in [-0.05, 0) is 26.2 Å². The lowest BCUT2D eigenvalue weighted by Crippen LogP contribution is -2.46. The van der Waals surface area contributed by atoms with Crippen molar-refractivity contribution in [2.24, 2.45) is 0 Å². The Labute approximate surface area is 165 Å². The number of nitrogens with one attached hydrogen (secondary N) is 1. The molecule has 2 amide bonds. The van der Waals surface area contributed by atoms with Gasteiger partial charge < -0.3 is 19.4 Å². The largest absolute Gasteiger partial charge is 0.450 e. The van der Waals surface area contributed by atoms with Crippen LogP contribution in [0.15, 0.2) is 40.9 Å². The van der Waals surface area contributed by atoms with Crippen molar-refractivity contribution in [1.82, 2.24) is 15.2 Å². The van der Waals surface area contributed by atoms with Crippen molar-refractivity contribution in [3.8, 4) is 11.3 Å². The number of rotatable bonds is 7. The van der Waals surface area contributed by atoms with Crippen molar-refractivity contribution < 1.29 is 18.7 Å². The summed E-state index contributed by atoms with van der Waals surface area (Å²) in [4.78, 5) is 29.9. The van der Waals surface area contributed by atoms with Gasteiger partial charge in [0.15, 0.2) is 11.7 Å². The fourth-order valence-electron chi connectivity index (χ4n) is 3.28. The Kier molecular flexibility index (Phi) is 7.06. The highest BCUT2D eigenvalue weighted by atomic mass is 16.6. The monoisotopic (exact) mass is 385 g/mol. The number of amides is 2. The minimum absolute atomic E-state index is 0.0319. The molecule has 1 aliphatic rings. The van der Waals surface area contributed by atoms with Gasteiger partial charge in [-0.3, -0.25) is 4.79 Å². The lowest BCUT2D eigenvalue weighted by Gasteiger charge is -2.31. The number of aromatic nitrogens is 1. The van der Waals surface area contributed by atoms with Crippen molar-refractivity contribution in [1.29, 1.82) is 0 Å². The first-order valence-corrected chi connectivity index (χ1v) is 9.87. The Bertz CT molecular complexity index is 767. The van der Waals surface area contributed by atoms with Gasteiger partial charge in [0.2, 0.25) is 5.91 Å². The van der Waals surface area contributed by atoms with E-state index in [1.165, 1.54) is 0 Å². The summed E-state index contributed by atoms with van der Waals surface area (Å²) in [5, 5.41) is 3.06. The Morgan fingerprint density at radius 1 is 1.25 bits per heavy atom. The average molecular weight is 385 g/mol. The maximum atomic E-state index is 12.2. The van der Waals surface area contributed by atoms with Gasteiger partial charge in [-0.1, -0.05) is 30.3 Å². The van der Waals surface area contributed by atoms with E-state index in [2.05, 4.69) is 10.3 Å². The topological polar surface area (TPSA) is 84.7 Å². The average Bonchev–Trinajstić information content (AvgIpc) is 3.18. The van der Waals surface area contributed by atoms with Crippen LogP contribution in [-0.4, -0.2) is 47.6 Å². The van der Waals surface area contributed by atoms with E-state index in [1.54, 1.807) is 18.0 Å². The Balaban J connectivity index is 1.35. The first-order chi connectivity index (χ1) is 13.7. The number of nitrogens with zero attached hydrogens (tertiary/aromatic N) is 2. The molecule has 1 aromatic heterocycles. The van der Waals surface area contributed by atoms with E-state index in [4.69, 9.17) is 9.15 Å². The summed E-state index contributed by atoms with van der Waals surface area (Å²) in [6, 6.07) is 9.94. The number of benzene rings is 1. The summed E-state index contributed by atoms with van der Waals surface area (Å²) in [6.45, 7) is 3.41. The van der Waals surface area contributed by atoms with Crippen molar-refractivity contribution in [2.75, 3.05) is 19.7 Å². The third-order valence-electron chi connectivity index (χ3n) is 4.79. The number of hydrogen-bond donors (Lipinski definition) is 1. The number of hydrogen-bond acceptors (Lipinski definition) is 5. The third kappa shape index (κ3) is 5.58. The number of carbonyl (C=O) groups excluding carboxylic acids is 2. The number of oxazole rings is 1. The summed E-state index contributed by atoms with van der Waals surface area (Å²) in [5.41, 5.74) is 0.994. The summed E-state index contributed by atoms with van der Waals surface area (Å²) in [6.07, 6.45) is 4.70. The van der Waals surface area contributed by atoms with E-state index >= 15 is 0 Å². The predicted octanol–water partition coefficient (Wildman–Crippen LogP) is 3.40. The summed E-state index contributed by atoms with van der Waals surface area (Å²) < 4.78 is 10.8. The highest BCUT2D eigenvalue weighted by molar-refractivity contribution is 5.76. The molecule has 7 nitrogen and oxygen atoms in total. The summed E-state index contributed by atoms with van der Waals surface area (Å²) >= 11 is 0. The SMILES string of the molecule is CCOC(=O)N1CCC(NC(=O)CCCc2ncc(-c3ccccc3)o2)CC1. The molecule has 7 heteroatoms. The zero-order chi connectivity index (χ0) is 19.8. The van der Waals surface area contributed by atoms with E-state index in [1.807, 2.05) is 30.3 Å². The quantitative estimate of drug-likeness (QED) is 0.790. The minimum atomic E-state index is -0.270. The zero-order valence-electron chi connectivity index (χ0n) is 16.2. The molecule has 3 rings (SSSR count). The number of aryl methyl sites for hydroxylation is 1. The second kappa shape index (κ2) is 9.92. The second-order valence-electron chi connectivity index (χ2n) is 6.87. The van der Waals surface area contributed by atoms with E-state index in [-0.39, 0.29) is 18.0 Å². The Hall–Kier alpha value is -2.83. The highest BCUT2D eigenvalue weighted by Gasteiger charge is 2.24. The van der Waals surface area contributed by atoms with Crippen LogP contribution in [-0.2, 0) is 16.0 Å². The van der Waals surface area contributed by atoms with Crippen LogP contribution >= 0.6 is 0 Å². The molecule has 1 aromatic carbocycles. The maximum absolute atomic E-state index is 12.2. The molecule has 0 radical (unpaired) electrons. The molecule has 0 unspecified atom stereocenters. The molecule has 1 N–H and O–H groups in total. The molecule has 2 heterocycles. The number of ether oxygens (including phenoxy) is 1. The highest BCUT2D eigenvalue weighted by Crippen LogP contribution is 2.20. The molecule has 0 spiro atoms. The van der Waals surface area contributed by atoms with E-state index in [0.717, 1.165) is 24.2 Å². The van der Waals surface area contributed by atoms with Crippen LogP contribution in [0.4, 0.5) is 4.79 Å². The van der Waals surface area contributed by atoms with Gasteiger partial charge >= 0.3 is 6.09 Å². The van der Waals surface area contributed by atoms with E-state index in [9.17, 15) is 9.59 Å². The fourth-order valence-corrected chi connectivity index (χ4v) is 3.28. The van der Waals surface area contributed by atoms with Crippen LogP contribution in [0.3, 0.4) is 0 Å². The smallest absolute Gasteiger partial charge is 0.409 e. The third-order valence-corrected chi connectivity index (χ3v) is 4.79. The van der Waals surface area contributed by atoms with Crippen molar-refractivity contribution >= 4 is 12.0 Å². The molecule has 1 saturated heterocycles. The lowest BCUT2D eigenvalue weighted by atomic mass is 10.1. The van der Waals surface area contributed by atoms with Crippen molar-refractivity contribution in [3.63, 3.8) is 0 Å². The summed E-state index contributed by atoms with van der Waals surface area (Å²) in [5.74, 6) is 1.42. The van der Waals surface area contributed by atoms with Gasteiger partial charge in [0.1, 0.15) is 0 Å². The zero-order valence-corrected chi connectivity index (χ0v) is 16.2. The lowest BCUT2D eigenvalue weighted by molar-refractivity contribution is -0.122. The first-order valence-electron chi connectivity index (χ1n) is 9.87. The number of carbonyl (C=O) groups is 2. The molecule has 0 saturated carbocycles. The Morgan fingerprint density at radius 3 is 2.71 bits per heavy atom. The number of likely N-dealkylation sites (tertiary alicyclic amines) is 1. The fraction of sp³-hybridized carbons (Fsp3) is 0.476. The van der Waals surface area contributed by atoms with Gasteiger partial charge in [0.25, 0.3) is 0 Å². The molecule has 150 valence electrons. The summed E-state index contributed by atoms with van der Waals surface area (Å²) in [7, 11) is 0. The molecule has 1 aliphatic heterocycles. The van der Waals surface area contributed by atoms with Crippen LogP contribution < -0.4 is 5.32 Å². The molecular weight excluding hydrogens is 358 g/mol. The predicted molar refractivity (Wildman–Crippen MR) is 105 cm³/mol. The van der Waals surface area contributed by atoms with Crippen LogP contribution in [0.25, 0.3) is 11.3 Å². The van der Waals surface area contributed by atoms with Crippen LogP contribution in [0.2, 0.25) is 0 Å². The van der Waals surface area contributed by atoms with E-state index in [0.29, 0.717) is 44.8 Å². The second-order valence-corrected chi connectivity index (χ2v) is 6.87. The first kappa shape index (κ1) is 19.9. The molecule has 28 heavy (non-hydrogen) atoms. The molecule has 1 fully saturated rings. The van der Waals surface area contributed by atoms with Gasteiger partial charge in [0.05, 0.1) is 12.8 Å². The molecule has 0 aliphatic carbocycles. The van der Waals surface area contributed by atoms with Gasteiger partial charge in [-0.15, -0.1) is 0 Å². The Morgan fingerprint density at radius 2 is 2.00 bits per heavy atom. The van der Waals surface area contributed by atoms with Crippen molar-refractivity contribution in [2.45, 2.75) is 45.1 Å². The minimum Gasteiger partial charge on any atom is -0.450 e. The molecule has 0 bridgehead atoms.